The van der Waals surface area contributed by atoms with Crippen LogP contribution in [0.1, 0.15) is 22.3 Å². The molecular weight excluding hydrogens is 448 g/mol. The fraction of sp³-hybridized carbons (Fsp3) is 0.136. The smallest absolute Gasteiger partial charge is 0.264 e. The summed E-state index contributed by atoms with van der Waals surface area (Å²) in [7, 11) is -4.02. The third-order valence-corrected chi connectivity index (χ3v) is 6.88. The molecule has 1 heterocycles. The molecule has 0 bridgehead atoms. The van der Waals surface area contributed by atoms with E-state index in [2.05, 4.69) is 5.32 Å². The number of benzene rings is 3. The minimum Gasteiger partial charge on any atom is -0.322 e. The predicted octanol–water partition coefficient (Wildman–Crippen LogP) is 4.64. The van der Waals surface area contributed by atoms with Crippen LogP contribution in [0.4, 0.5) is 28.9 Å². The van der Waals surface area contributed by atoms with Gasteiger partial charge in [-0.2, -0.15) is 0 Å². The van der Waals surface area contributed by atoms with Gasteiger partial charge in [0.2, 0.25) is 0 Å². The highest BCUT2D eigenvalue weighted by molar-refractivity contribution is 7.92. The molecule has 1 N–H and O–H groups in total. The molecule has 1 aliphatic heterocycles. The van der Waals surface area contributed by atoms with E-state index in [9.17, 15) is 30.8 Å². The Kier molecular flexibility index (Phi) is 5.64. The van der Waals surface area contributed by atoms with E-state index in [-0.39, 0.29) is 17.1 Å². The largest absolute Gasteiger partial charge is 0.322 e. The summed E-state index contributed by atoms with van der Waals surface area (Å²) < 4.78 is 81.6. The Bertz CT molecular complexity index is 1290. The third kappa shape index (κ3) is 4.05. The maximum Gasteiger partial charge on any atom is 0.264 e. The molecule has 0 saturated carbocycles. The Hall–Kier alpha value is -3.40. The zero-order valence-electron chi connectivity index (χ0n) is 16.4. The maximum atomic E-state index is 13.9. The topological polar surface area (TPSA) is 66.5 Å². The summed E-state index contributed by atoms with van der Waals surface area (Å²) in [5.74, 6) is -5.61. The molecule has 10 heteroatoms. The van der Waals surface area contributed by atoms with Gasteiger partial charge < -0.3 is 5.32 Å². The molecule has 0 fully saturated rings. The average molecular weight is 464 g/mol. The third-order valence-electron chi connectivity index (χ3n) is 5.05. The minimum absolute atomic E-state index is 0.0954. The van der Waals surface area contributed by atoms with E-state index in [4.69, 9.17) is 0 Å². The molecular formula is C22H16F4N2O3S. The lowest BCUT2D eigenvalue weighted by Crippen LogP contribution is -2.35. The van der Waals surface area contributed by atoms with Gasteiger partial charge in [0.1, 0.15) is 28.8 Å². The summed E-state index contributed by atoms with van der Waals surface area (Å²) in [6, 6.07) is 9.64. The second-order valence-corrected chi connectivity index (χ2v) is 9.04. The van der Waals surface area contributed by atoms with Crippen LogP contribution in [0.2, 0.25) is 0 Å². The number of hydrogen-bond donors (Lipinski definition) is 1. The van der Waals surface area contributed by atoms with Gasteiger partial charge in [-0.3, -0.25) is 9.10 Å². The van der Waals surface area contributed by atoms with Crippen LogP contribution < -0.4 is 9.62 Å². The standard InChI is InChI=1S/C22H16F4N2O3S/c23-14-4-7-17(8-5-14)32(30,31)28-9-1-2-13-3-6-16(12-20(13)28)27-22(29)21-18(25)10-15(24)11-19(21)26/h3-8,10-12H,1-2,9H2,(H,27,29). The number of nitrogens with zero attached hydrogens (tertiary/aromatic N) is 1. The van der Waals surface area contributed by atoms with E-state index in [0.29, 0.717) is 36.2 Å². The lowest BCUT2D eigenvalue weighted by atomic mass is 10.0. The molecule has 3 aromatic carbocycles. The molecule has 1 amide bonds. The minimum atomic E-state index is -4.02. The number of aryl methyl sites for hydroxylation is 1. The van der Waals surface area contributed by atoms with E-state index < -0.39 is 44.8 Å². The number of hydrogen-bond acceptors (Lipinski definition) is 3. The van der Waals surface area contributed by atoms with Gasteiger partial charge in [0.05, 0.1) is 10.6 Å². The zero-order valence-corrected chi connectivity index (χ0v) is 17.2. The normalized spacial score (nSPS) is 13.6. The SMILES string of the molecule is O=C(Nc1ccc2c(c1)N(S(=O)(=O)c1ccc(F)cc1)CCC2)c1c(F)cc(F)cc1F. The summed E-state index contributed by atoms with van der Waals surface area (Å²) in [6.45, 7) is 0.158. The lowest BCUT2D eigenvalue weighted by Gasteiger charge is -2.31. The van der Waals surface area contributed by atoms with Gasteiger partial charge in [-0.05, 0) is 54.8 Å². The highest BCUT2D eigenvalue weighted by Crippen LogP contribution is 2.34. The van der Waals surface area contributed by atoms with Crippen LogP contribution in [0.5, 0.6) is 0 Å². The zero-order chi connectivity index (χ0) is 23.0. The Morgan fingerprint density at radius 3 is 2.19 bits per heavy atom. The van der Waals surface area contributed by atoms with Crippen LogP contribution in [0.15, 0.2) is 59.5 Å². The highest BCUT2D eigenvalue weighted by Gasteiger charge is 2.30. The number of carbonyl (C=O) groups is 1. The average Bonchev–Trinajstić information content (AvgIpc) is 2.72. The number of fused-ring (bicyclic) bond motifs is 1. The molecule has 0 saturated heterocycles. The van der Waals surface area contributed by atoms with E-state index in [0.717, 1.165) is 28.6 Å². The molecule has 166 valence electrons. The van der Waals surface area contributed by atoms with Crippen LogP contribution in [0, 0.1) is 23.3 Å². The lowest BCUT2D eigenvalue weighted by molar-refractivity contribution is 0.101. The Morgan fingerprint density at radius 1 is 0.875 bits per heavy atom. The molecule has 1 aliphatic rings. The fourth-order valence-electron chi connectivity index (χ4n) is 3.55. The van der Waals surface area contributed by atoms with Gasteiger partial charge in [0.25, 0.3) is 15.9 Å². The number of carbonyl (C=O) groups excluding carboxylic acids is 1. The van der Waals surface area contributed by atoms with Crippen molar-refractivity contribution in [2.75, 3.05) is 16.2 Å². The number of nitrogens with one attached hydrogen (secondary N) is 1. The van der Waals surface area contributed by atoms with Crippen molar-refractivity contribution in [1.29, 1.82) is 0 Å². The Balaban J connectivity index is 1.68. The van der Waals surface area contributed by atoms with Crippen molar-refractivity contribution < 1.29 is 30.8 Å². The van der Waals surface area contributed by atoms with Gasteiger partial charge in [0, 0.05) is 24.4 Å². The van der Waals surface area contributed by atoms with E-state index >= 15 is 0 Å². The molecule has 5 nitrogen and oxygen atoms in total. The van der Waals surface area contributed by atoms with Gasteiger partial charge >= 0.3 is 0 Å². The van der Waals surface area contributed by atoms with Crippen LogP contribution >= 0.6 is 0 Å². The molecule has 3 aromatic rings. The molecule has 0 spiro atoms. The Labute approximate surface area is 181 Å². The van der Waals surface area contributed by atoms with Crippen molar-refractivity contribution in [3.63, 3.8) is 0 Å². The van der Waals surface area contributed by atoms with E-state index in [1.54, 1.807) is 6.07 Å². The molecule has 0 aliphatic carbocycles. The van der Waals surface area contributed by atoms with E-state index in [1.165, 1.54) is 12.1 Å². The second-order valence-electron chi connectivity index (χ2n) is 7.18. The summed E-state index contributed by atoms with van der Waals surface area (Å²) in [4.78, 5) is 12.3. The molecule has 4 rings (SSSR count). The summed E-state index contributed by atoms with van der Waals surface area (Å²) in [5.41, 5.74) is 0.121. The molecule has 0 radical (unpaired) electrons. The Morgan fingerprint density at radius 2 is 1.53 bits per heavy atom. The van der Waals surface area contributed by atoms with E-state index in [1.807, 2.05) is 0 Å². The first-order valence-electron chi connectivity index (χ1n) is 9.54. The van der Waals surface area contributed by atoms with Crippen molar-refractivity contribution in [2.24, 2.45) is 0 Å². The number of halogens is 4. The van der Waals surface area contributed by atoms with Crippen LogP contribution in [0.25, 0.3) is 0 Å². The molecule has 32 heavy (non-hydrogen) atoms. The number of anilines is 2. The maximum absolute atomic E-state index is 13.9. The van der Waals surface area contributed by atoms with Crippen molar-refractivity contribution in [3.8, 4) is 0 Å². The number of sulfonamides is 1. The summed E-state index contributed by atoms with van der Waals surface area (Å²) in [5, 5.41) is 2.32. The monoisotopic (exact) mass is 464 g/mol. The fourth-order valence-corrected chi connectivity index (χ4v) is 5.09. The first-order chi connectivity index (χ1) is 15.2. The van der Waals surface area contributed by atoms with Crippen molar-refractivity contribution in [2.45, 2.75) is 17.7 Å². The molecule has 0 atom stereocenters. The molecule has 0 unspecified atom stereocenters. The van der Waals surface area contributed by atoms with Crippen molar-refractivity contribution in [1.82, 2.24) is 0 Å². The number of amides is 1. The van der Waals surface area contributed by atoms with Gasteiger partial charge in [-0.15, -0.1) is 0 Å². The summed E-state index contributed by atoms with van der Waals surface area (Å²) in [6.07, 6.45) is 1.13. The van der Waals surface area contributed by atoms with Crippen molar-refractivity contribution in [3.05, 3.63) is 89.0 Å². The van der Waals surface area contributed by atoms with Crippen LogP contribution in [0.3, 0.4) is 0 Å². The number of rotatable bonds is 4. The van der Waals surface area contributed by atoms with Crippen molar-refractivity contribution >= 4 is 27.3 Å². The van der Waals surface area contributed by atoms with Crippen LogP contribution in [-0.2, 0) is 16.4 Å². The van der Waals surface area contributed by atoms with Crippen LogP contribution in [-0.4, -0.2) is 20.9 Å². The van der Waals surface area contributed by atoms with Gasteiger partial charge in [0.15, 0.2) is 0 Å². The first-order valence-corrected chi connectivity index (χ1v) is 11.0. The first kappa shape index (κ1) is 21.8. The summed E-state index contributed by atoms with van der Waals surface area (Å²) >= 11 is 0. The quantitative estimate of drug-likeness (QED) is 0.573. The second kappa shape index (κ2) is 8.27. The highest BCUT2D eigenvalue weighted by atomic mass is 32.2. The predicted molar refractivity (Wildman–Crippen MR) is 110 cm³/mol. The molecule has 0 aromatic heterocycles. The van der Waals surface area contributed by atoms with Gasteiger partial charge in [-0.25, -0.2) is 26.0 Å². The van der Waals surface area contributed by atoms with Gasteiger partial charge in [-0.1, -0.05) is 6.07 Å².